The highest BCUT2D eigenvalue weighted by atomic mass is 16.2. The Morgan fingerprint density at radius 1 is 1.25 bits per heavy atom. The van der Waals surface area contributed by atoms with E-state index in [1.165, 1.54) is 45.2 Å². The average Bonchev–Trinajstić information content (AvgIpc) is 2.98. The number of carbonyl (C=O) groups excluding carboxylic acids is 1. The van der Waals surface area contributed by atoms with E-state index in [-0.39, 0.29) is 11.7 Å². The van der Waals surface area contributed by atoms with Crippen molar-refractivity contribution in [3.05, 3.63) is 0 Å². The van der Waals surface area contributed by atoms with E-state index in [1.54, 1.807) is 0 Å². The number of rotatable bonds is 3. The average molecular weight is 279 g/mol. The maximum Gasteiger partial charge on any atom is 0.244 e. The zero-order chi connectivity index (χ0) is 14.2. The van der Waals surface area contributed by atoms with Crippen molar-refractivity contribution in [3.8, 4) is 0 Å². The largest absolute Gasteiger partial charge is 0.326 e. The summed E-state index contributed by atoms with van der Waals surface area (Å²) < 4.78 is 0. The molecule has 0 bridgehead atoms. The minimum absolute atomic E-state index is 0.188. The number of hydrogen-bond acceptors (Lipinski definition) is 3. The summed E-state index contributed by atoms with van der Waals surface area (Å²) in [5, 5.41) is 3.59. The Balaban J connectivity index is 1.53. The molecule has 1 aliphatic carbocycles. The van der Waals surface area contributed by atoms with Gasteiger partial charge in [-0.05, 0) is 65.1 Å². The van der Waals surface area contributed by atoms with Crippen LogP contribution < -0.4 is 5.32 Å². The van der Waals surface area contributed by atoms with Crippen molar-refractivity contribution >= 4 is 5.91 Å². The number of amides is 1. The van der Waals surface area contributed by atoms with Crippen LogP contribution in [0.25, 0.3) is 0 Å². The van der Waals surface area contributed by atoms with Crippen LogP contribution in [0.2, 0.25) is 0 Å². The maximum absolute atomic E-state index is 12.7. The van der Waals surface area contributed by atoms with E-state index in [2.05, 4.69) is 29.1 Å². The molecule has 1 spiro atoms. The van der Waals surface area contributed by atoms with Crippen molar-refractivity contribution < 1.29 is 4.79 Å². The molecular formula is C16H29N3O. The Labute approximate surface area is 122 Å². The first kappa shape index (κ1) is 14.3. The molecule has 1 N–H and O–H groups in total. The quantitative estimate of drug-likeness (QED) is 0.856. The summed E-state index contributed by atoms with van der Waals surface area (Å²) in [6.07, 6.45) is 8.50. The summed E-state index contributed by atoms with van der Waals surface area (Å²) in [4.78, 5) is 17.2. The van der Waals surface area contributed by atoms with Crippen LogP contribution in [-0.2, 0) is 4.79 Å². The third-order valence-corrected chi connectivity index (χ3v) is 5.70. The van der Waals surface area contributed by atoms with Gasteiger partial charge in [0, 0.05) is 6.54 Å². The van der Waals surface area contributed by atoms with Crippen molar-refractivity contribution in [3.63, 3.8) is 0 Å². The Hall–Kier alpha value is -0.610. The van der Waals surface area contributed by atoms with E-state index in [0.717, 1.165) is 25.3 Å². The van der Waals surface area contributed by atoms with Crippen LogP contribution in [0.3, 0.4) is 0 Å². The van der Waals surface area contributed by atoms with Crippen LogP contribution in [-0.4, -0.2) is 54.1 Å². The van der Waals surface area contributed by atoms with Gasteiger partial charge in [0.1, 0.15) is 0 Å². The van der Waals surface area contributed by atoms with E-state index in [9.17, 15) is 4.79 Å². The fourth-order valence-corrected chi connectivity index (χ4v) is 4.29. The van der Waals surface area contributed by atoms with Gasteiger partial charge >= 0.3 is 0 Å². The van der Waals surface area contributed by atoms with Gasteiger partial charge in [-0.1, -0.05) is 12.8 Å². The second kappa shape index (κ2) is 5.64. The molecule has 20 heavy (non-hydrogen) atoms. The molecule has 3 aliphatic rings. The van der Waals surface area contributed by atoms with Gasteiger partial charge in [0.25, 0.3) is 0 Å². The number of nitrogens with one attached hydrogen (secondary N) is 1. The van der Waals surface area contributed by atoms with Crippen molar-refractivity contribution in [2.75, 3.05) is 26.7 Å². The SMILES string of the molecule is CC1NC2(CCCC2)C(=O)N1CCC1CCN(C)CC1. The summed E-state index contributed by atoms with van der Waals surface area (Å²) >= 11 is 0. The van der Waals surface area contributed by atoms with E-state index in [1.807, 2.05) is 0 Å². The highest BCUT2D eigenvalue weighted by molar-refractivity contribution is 5.89. The standard InChI is InChI=1S/C16H29N3O/c1-13-17-16(8-3-4-9-16)15(20)19(13)12-7-14-5-10-18(2)11-6-14/h13-14,17H,3-12H2,1-2H3. The number of piperidine rings is 1. The predicted molar refractivity (Wildman–Crippen MR) is 80.3 cm³/mol. The molecule has 0 aromatic heterocycles. The summed E-state index contributed by atoms with van der Waals surface area (Å²) in [5.41, 5.74) is -0.188. The molecule has 0 radical (unpaired) electrons. The fourth-order valence-electron chi connectivity index (χ4n) is 4.29. The van der Waals surface area contributed by atoms with Crippen LogP contribution in [0.1, 0.15) is 51.9 Å². The number of likely N-dealkylation sites (tertiary alicyclic amines) is 1. The lowest BCUT2D eigenvalue weighted by Crippen LogP contribution is -2.44. The van der Waals surface area contributed by atoms with E-state index in [0.29, 0.717) is 5.91 Å². The fraction of sp³-hybridized carbons (Fsp3) is 0.938. The number of hydrogen-bond donors (Lipinski definition) is 1. The van der Waals surface area contributed by atoms with Crippen molar-refractivity contribution in [1.82, 2.24) is 15.1 Å². The smallest absolute Gasteiger partial charge is 0.244 e. The molecule has 1 atom stereocenters. The summed E-state index contributed by atoms with van der Waals surface area (Å²) in [7, 11) is 2.20. The molecule has 1 unspecified atom stereocenters. The van der Waals surface area contributed by atoms with E-state index >= 15 is 0 Å². The van der Waals surface area contributed by atoms with Gasteiger partial charge in [-0.25, -0.2) is 0 Å². The first-order valence-corrected chi connectivity index (χ1v) is 8.38. The molecule has 0 aromatic rings. The molecular weight excluding hydrogens is 250 g/mol. The van der Waals surface area contributed by atoms with E-state index in [4.69, 9.17) is 0 Å². The van der Waals surface area contributed by atoms with Gasteiger partial charge in [0.15, 0.2) is 0 Å². The highest BCUT2D eigenvalue weighted by Gasteiger charge is 2.50. The third kappa shape index (κ3) is 2.60. The molecule has 1 amide bonds. The normalized spacial score (nSPS) is 31.6. The minimum atomic E-state index is -0.188. The third-order valence-electron chi connectivity index (χ3n) is 5.70. The lowest BCUT2D eigenvalue weighted by atomic mass is 9.93. The molecule has 3 fully saturated rings. The molecule has 2 heterocycles. The first-order valence-electron chi connectivity index (χ1n) is 8.38. The van der Waals surface area contributed by atoms with Crippen LogP contribution in [0, 0.1) is 5.92 Å². The van der Waals surface area contributed by atoms with Gasteiger partial charge in [-0.3, -0.25) is 10.1 Å². The summed E-state index contributed by atoms with van der Waals surface area (Å²) in [6.45, 7) is 5.54. The molecule has 1 saturated carbocycles. The molecule has 2 saturated heterocycles. The van der Waals surface area contributed by atoms with Crippen molar-refractivity contribution in [2.45, 2.75) is 63.6 Å². The Morgan fingerprint density at radius 3 is 2.55 bits per heavy atom. The lowest BCUT2D eigenvalue weighted by molar-refractivity contribution is -0.133. The highest BCUT2D eigenvalue weighted by Crippen LogP contribution is 2.36. The topological polar surface area (TPSA) is 35.6 Å². The predicted octanol–water partition coefficient (Wildman–Crippen LogP) is 1.81. The van der Waals surface area contributed by atoms with Gasteiger partial charge < -0.3 is 9.80 Å². The number of nitrogens with zero attached hydrogens (tertiary/aromatic N) is 2. The first-order chi connectivity index (χ1) is 9.61. The van der Waals surface area contributed by atoms with Crippen LogP contribution in [0.15, 0.2) is 0 Å². The summed E-state index contributed by atoms with van der Waals surface area (Å²) in [6, 6.07) is 0. The molecule has 4 nitrogen and oxygen atoms in total. The van der Waals surface area contributed by atoms with E-state index < -0.39 is 0 Å². The van der Waals surface area contributed by atoms with Crippen molar-refractivity contribution in [2.24, 2.45) is 5.92 Å². The van der Waals surface area contributed by atoms with Gasteiger partial charge in [0.05, 0.1) is 11.7 Å². The second-order valence-corrected chi connectivity index (χ2v) is 7.14. The molecule has 114 valence electrons. The van der Waals surface area contributed by atoms with Crippen LogP contribution in [0.5, 0.6) is 0 Å². The minimum Gasteiger partial charge on any atom is -0.326 e. The lowest BCUT2D eigenvalue weighted by Gasteiger charge is -2.31. The van der Waals surface area contributed by atoms with Gasteiger partial charge in [0.2, 0.25) is 5.91 Å². The Bertz CT molecular complexity index is 357. The van der Waals surface area contributed by atoms with Crippen LogP contribution in [0.4, 0.5) is 0 Å². The second-order valence-electron chi connectivity index (χ2n) is 7.14. The van der Waals surface area contributed by atoms with Crippen molar-refractivity contribution in [1.29, 1.82) is 0 Å². The van der Waals surface area contributed by atoms with Gasteiger partial charge in [-0.15, -0.1) is 0 Å². The van der Waals surface area contributed by atoms with Gasteiger partial charge in [-0.2, -0.15) is 0 Å². The maximum atomic E-state index is 12.7. The summed E-state index contributed by atoms with van der Waals surface area (Å²) in [5.74, 6) is 1.20. The van der Waals surface area contributed by atoms with Crippen LogP contribution >= 0.6 is 0 Å². The molecule has 2 aliphatic heterocycles. The Kier molecular flexibility index (Phi) is 4.04. The zero-order valence-corrected chi connectivity index (χ0v) is 13.0. The molecule has 0 aromatic carbocycles. The molecule has 4 heteroatoms. The molecule has 3 rings (SSSR count). The Morgan fingerprint density at radius 2 is 1.90 bits per heavy atom. The monoisotopic (exact) mass is 279 g/mol. The zero-order valence-electron chi connectivity index (χ0n) is 13.0. The number of carbonyl (C=O) groups is 1.